The zero-order valence-corrected chi connectivity index (χ0v) is 18.5. The molecule has 0 radical (unpaired) electrons. The molecule has 0 fully saturated rings. The van der Waals surface area contributed by atoms with Gasteiger partial charge >= 0.3 is 11.6 Å². The lowest BCUT2D eigenvalue weighted by Gasteiger charge is -2.10. The lowest BCUT2D eigenvalue weighted by Crippen LogP contribution is -2.17. The van der Waals surface area contributed by atoms with Crippen molar-refractivity contribution in [3.8, 4) is 5.75 Å². The Morgan fingerprint density at radius 3 is 2.39 bits per heavy atom. The molecule has 0 aliphatic carbocycles. The van der Waals surface area contributed by atoms with Gasteiger partial charge < -0.3 is 13.9 Å². The Balaban J connectivity index is 1.66. The summed E-state index contributed by atoms with van der Waals surface area (Å²) < 4.78 is 15.7. The molecule has 0 unspecified atom stereocenters. The number of ether oxygens (including phenoxy) is 2. The number of rotatable bonds is 7. The van der Waals surface area contributed by atoms with E-state index in [1.54, 1.807) is 12.1 Å². The summed E-state index contributed by atoms with van der Waals surface area (Å²) in [4.78, 5) is 37.1. The molecule has 1 heterocycles. The second kappa shape index (κ2) is 9.16. The van der Waals surface area contributed by atoms with Gasteiger partial charge in [0.25, 0.3) is 0 Å². The van der Waals surface area contributed by atoms with E-state index in [1.807, 2.05) is 45.9 Å². The molecule has 0 bridgehead atoms. The number of carbonyl (C=O) groups is 2. The molecule has 3 aromatic rings. The molecule has 2 aromatic carbocycles. The first-order valence-electron chi connectivity index (χ1n) is 10.1. The van der Waals surface area contributed by atoms with E-state index in [2.05, 4.69) is 0 Å². The van der Waals surface area contributed by atoms with Crippen molar-refractivity contribution in [2.45, 2.75) is 40.5 Å². The maximum atomic E-state index is 12.5. The molecule has 0 amide bonds. The van der Waals surface area contributed by atoms with Gasteiger partial charge in [0.15, 0.2) is 6.61 Å². The molecule has 0 saturated heterocycles. The molecular weight excluding hydrogens is 396 g/mol. The minimum absolute atomic E-state index is 0.0214. The van der Waals surface area contributed by atoms with Crippen LogP contribution in [0.4, 0.5) is 0 Å². The first kappa shape index (κ1) is 22.3. The fourth-order valence-corrected chi connectivity index (χ4v) is 3.57. The number of hydrogen-bond acceptors (Lipinski definition) is 6. The Hall–Kier alpha value is -3.41. The monoisotopic (exact) mass is 422 g/mol. The minimum atomic E-state index is -0.538. The van der Waals surface area contributed by atoms with Crippen molar-refractivity contribution in [3.63, 3.8) is 0 Å². The first-order chi connectivity index (χ1) is 14.7. The van der Waals surface area contributed by atoms with E-state index in [1.165, 1.54) is 7.11 Å². The van der Waals surface area contributed by atoms with Crippen LogP contribution < -0.4 is 10.4 Å². The summed E-state index contributed by atoms with van der Waals surface area (Å²) in [6.07, 6.45) is 0.151. The number of benzene rings is 2. The predicted molar refractivity (Wildman–Crippen MR) is 118 cm³/mol. The molecule has 0 aliphatic rings. The summed E-state index contributed by atoms with van der Waals surface area (Å²) in [5.41, 5.74) is 4.64. The fourth-order valence-electron chi connectivity index (χ4n) is 3.57. The second-order valence-electron chi connectivity index (χ2n) is 7.69. The zero-order valence-electron chi connectivity index (χ0n) is 18.5. The van der Waals surface area contributed by atoms with E-state index in [0.29, 0.717) is 22.5 Å². The van der Waals surface area contributed by atoms with Crippen LogP contribution in [0, 0.1) is 27.7 Å². The van der Waals surface area contributed by atoms with Gasteiger partial charge in [0.05, 0.1) is 7.11 Å². The summed E-state index contributed by atoms with van der Waals surface area (Å²) >= 11 is 0. The van der Waals surface area contributed by atoms with E-state index >= 15 is 0 Å². The zero-order chi connectivity index (χ0) is 22.7. The number of carbonyl (C=O) groups excluding carboxylic acids is 2. The maximum absolute atomic E-state index is 12.5. The Kier molecular flexibility index (Phi) is 6.59. The number of esters is 1. The van der Waals surface area contributed by atoms with Crippen LogP contribution in [0.15, 0.2) is 39.5 Å². The summed E-state index contributed by atoms with van der Waals surface area (Å²) in [5.74, 6) is -0.192. The molecule has 6 heteroatoms. The molecule has 162 valence electrons. The molecule has 0 N–H and O–H groups in total. The van der Waals surface area contributed by atoms with E-state index < -0.39 is 11.6 Å². The van der Waals surface area contributed by atoms with Crippen molar-refractivity contribution in [2.24, 2.45) is 0 Å². The van der Waals surface area contributed by atoms with E-state index in [0.717, 1.165) is 27.6 Å². The highest BCUT2D eigenvalue weighted by Gasteiger charge is 2.16. The van der Waals surface area contributed by atoms with E-state index in [-0.39, 0.29) is 25.2 Å². The molecule has 0 spiro atoms. The van der Waals surface area contributed by atoms with Gasteiger partial charge in [-0.1, -0.05) is 6.07 Å². The van der Waals surface area contributed by atoms with Crippen LogP contribution in [0.25, 0.3) is 11.0 Å². The summed E-state index contributed by atoms with van der Waals surface area (Å²) in [5, 5.41) is 0.782. The fraction of sp³-hybridized carbons (Fsp3) is 0.320. The first-order valence-corrected chi connectivity index (χ1v) is 10.1. The maximum Gasteiger partial charge on any atom is 0.339 e. The predicted octanol–water partition coefficient (Wildman–Crippen LogP) is 4.39. The minimum Gasteiger partial charge on any atom is -0.497 e. The lowest BCUT2D eigenvalue weighted by atomic mass is 9.98. The summed E-state index contributed by atoms with van der Waals surface area (Å²) in [7, 11) is 1.54. The van der Waals surface area contributed by atoms with Crippen molar-refractivity contribution >= 4 is 22.7 Å². The molecule has 3 rings (SSSR count). The van der Waals surface area contributed by atoms with Gasteiger partial charge in [-0.2, -0.15) is 0 Å². The Morgan fingerprint density at radius 2 is 1.68 bits per heavy atom. The van der Waals surface area contributed by atoms with Gasteiger partial charge in [-0.25, -0.2) is 4.79 Å². The third-order valence-corrected chi connectivity index (χ3v) is 5.58. The lowest BCUT2D eigenvalue weighted by molar-refractivity contribution is -0.142. The molecular formula is C25H26O6. The SMILES string of the molecule is COc1ccc2c(C)c(CCC(=O)OCC(=O)c3cc(C)c(C)cc3C)c(=O)oc2c1. The van der Waals surface area contributed by atoms with Crippen LogP contribution in [0.2, 0.25) is 0 Å². The van der Waals surface area contributed by atoms with E-state index in [4.69, 9.17) is 13.9 Å². The van der Waals surface area contributed by atoms with Gasteiger partial charge in [0.1, 0.15) is 11.3 Å². The molecule has 0 aliphatic heterocycles. The molecule has 0 atom stereocenters. The van der Waals surface area contributed by atoms with Crippen molar-refractivity contribution < 1.29 is 23.5 Å². The third kappa shape index (κ3) is 4.85. The molecule has 6 nitrogen and oxygen atoms in total. The Labute approximate surface area is 180 Å². The van der Waals surface area contributed by atoms with Gasteiger partial charge in [0.2, 0.25) is 5.78 Å². The number of Topliss-reactive ketones (excluding diaryl/α,β-unsaturated/α-hetero) is 1. The smallest absolute Gasteiger partial charge is 0.339 e. The van der Waals surface area contributed by atoms with E-state index in [9.17, 15) is 14.4 Å². The number of aryl methyl sites for hydroxylation is 4. The van der Waals surface area contributed by atoms with Crippen molar-refractivity contribution in [1.82, 2.24) is 0 Å². The van der Waals surface area contributed by atoms with Crippen molar-refractivity contribution in [1.29, 1.82) is 0 Å². The van der Waals surface area contributed by atoms with Gasteiger partial charge in [0, 0.05) is 29.0 Å². The molecule has 1 aromatic heterocycles. The van der Waals surface area contributed by atoms with Gasteiger partial charge in [-0.15, -0.1) is 0 Å². The number of fused-ring (bicyclic) bond motifs is 1. The quantitative estimate of drug-likeness (QED) is 0.319. The Morgan fingerprint density at radius 1 is 0.968 bits per heavy atom. The topological polar surface area (TPSA) is 82.8 Å². The highest BCUT2D eigenvalue weighted by molar-refractivity contribution is 5.99. The summed E-state index contributed by atoms with van der Waals surface area (Å²) in [6.45, 7) is 7.27. The number of hydrogen-bond donors (Lipinski definition) is 0. The van der Waals surface area contributed by atoms with Crippen LogP contribution in [0.3, 0.4) is 0 Å². The highest BCUT2D eigenvalue weighted by Crippen LogP contribution is 2.24. The second-order valence-corrected chi connectivity index (χ2v) is 7.69. The average molecular weight is 422 g/mol. The number of methoxy groups -OCH3 is 1. The van der Waals surface area contributed by atoms with Gasteiger partial charge in [-0.3, -0.25) is 9.59 Å². The largest absolute Gasteiger partial charge is 0.497 e. The van der Waals surface area contributed by atoms with Crippen LogP contribution in [-0.2, 0) is 16.0 Å². The van der Waals surface area contributed by atoms with Crippen molar-refractivity contribution in [2.75, 3.05) is 13.7 Å². The van der Waals surface area contributed by atoms with Crippen LogP contribution in [-0.4, -0.2) is 25.5 Å². The van der Waals surface area contributed by atoms with Crippen molar-refractivity contribution in [3.05, 3.63) is 74.1 Å². The molecule has 0 saturated carbocycles. The van der Waals surface area contributed by atoms with Crippen LogP contribution in [0.1, 0.15) is 44.6 Å². The third-order valence-electron chi connectivity index (χ3n) is 5.58. The highest BCUT2D eigenvalue weighted by atomic mass is 16.5. The molecule has 31 heavy (non-hydrogen) atoms. The van der Waals surface area contributed by atoms with Gasteiger partial charge in [-0.05, 0) is 74.6 Å². The summed E-state index contributed by atoms with van der Waals surface area (Å²) in [6, 6.07) is 9.02. The standard InChI is InChI=1S/C25H26O6/c1-14-10-16(3)21(11-15(14)2)22(26)13-30-24(27)9-8-20-17(4)19-7-6-18(29-5)12-23(19)31-25(20)28/h6-7,10-12H,8-9,13H2,1-5H3. The van der Waals surface area contributed by atoms with Crippen LogP contribution in [0.5, 0.6) is 5.75 Å². The average Bonchev–Trinajstić information content (AvgIpc) is 2.73. The van der Waals surface area contributed by atoms with Crippen LogP contribution >= 0.6 is 0 Å². The Bertz CT molecular complexity index is 1220. The normalized spacial score (nSPS) is 10.9. The number of ketones is 1.